The second-order valence-corrected chi connectivity index (χ2v) is 4.17. The van der Waals surface area contributed by atoms with Crippen LogP contribution in [0.25, 0.3) is 0 Å². The summed E-state index contributed by atoms with van der Waals surface area (Å²) in [5.41, 5.74) is 1.12. The van der Waals surface area contributed by atoms with E-state index in [1.165, 1.54) is 0 Å². The molecule has 3 heteroatoms. The summed E-state index contributed by atoms with van der Waals surface area (Å²) in [4.78, 5) is 11.4. The van der Waals surface area contributed by atoms with Crippen LogP contribution in [-0.2, 0) is 9.53 Å². The average molecular weight is 211 g/mol. The minimum Gasteiger partial charge on any atom is -0.381 e. The minimum atomic E-state index is 0.0277. The summed E-state index contributed by atoms with van der Waals surface area (Å²) >= 11 is 0. The zero-order valence-corrected chi connectivity index (χ0v) is 9.71. The number of ether oxygens (including phenoxy) is 1. The molecule has 1 atom stereocenters. The van der Waals surface area contributed by atoms with Gasteiger partial charge in [-0.2, -0.15) is 0 Å². The fourth-order valence-corrected chi connectivity index (χ4v) is 1.59. The third kappa shape index (κ3) is 4.98. The number of allylic oxidation sites excluding steroid dienone is 1. The molecule has 0 spiro atoms. The summed E-state index contributed by atoms with van der Waals surface area (Å²) in [6, 6.07) is 0. The van der Waals surface area contributed by atoms with E-state index in [0.29, 0.717) is 5.92 Å². The highest BCUT2D eigenvalue weighted by Gasteiger charge is 2.13. The topological polar surface area (TPSA) is 38.3 Å². The summed E-state index contributed by atoms with van der Waals surface area (Å²) in [6.07, 6.45) is 4.89. The minimum absolute atomic E-state index is 0.0277. The van der Waals surface area contributed by atoms with Crippen LogP contribution < -0.4 is 5.32 Å². The van der Waals surface area contributed by atoms with Crippen LogP contribution in [0.2, 0.25) is 0 Å². The summed E-state index contributed by atoms with van der Waals surface area (Å²) in [5.74, 6) is 0.526. The molecule has 1 aliphatic heterocycles. The lowest BCUT2D eigenvalue weighted by Crippen LogP contribution is -2.32. The first-order valence-corrected chi connectivity index (χ1v) is 5.75. The Labute approximate surface area is 91.9 Å². The largest absolute Gasteiger partial charge is 0.381 e. The predicted octanol–water partition coefficient (Wildman–Crippen LogP) is 1.89. The molecule has 0 aromatic rings. The van der Waals surface area contributed by atoms with Crippen LogP contribution in [0.15, 0.2) is 11.6 Å². The fraction of sp³-hybridized carbons (Fsp3) is 0.750. The van der Waals surface area contributed by atoms with Gasteiger partial charge in [-0.3, -0.25) is 4.79 Å². The molecule has 0 aromatic heterocycles. The Kier molecular flexibility index (Phi) is 5.40. The van der Waals surface area contributed by atoms with Gasteiger partial charge in [0.15, 0.2) is 0 Å². The first kappa shape index (κ1) is 12.2. The van der Waals surface area contributed by atoms with Crippen molar-refractivity contribution in [2.45, 2.75) is 33.1 Å². The van der Waals surface area contributed by atoms with Gasteiger partial charge in [0.2, 0.25) is 5.91 Å². The van der Waals surface area contributed by atoms with E-state index < -0.39 is 0 Å². The number of amides is 1. The monoisotopic (exact) mass is 211 g/mol. The molecule has 1 saturated heterocycles. The molecule has 15 heavy (non-hydrogen) atoms. The lowest BCUT2D eigenvalue weighted by Gasteiger charge is -2.21. The van der Waals surface area contributed by atoms with Crippen LogP contribution in [0.3, 0.4) is 0 Å². The smallest absolute Gasteiger partial charge is 0.243 e. The standard InChI is InChI=1S/C12H21NO2/c1-3-10(2)7-12(14)13-8-11-5-4-6-15-9-11/h7,11H,3-6,8-9H2,1-2H3,(H,13,14)/b10-7-/t11-/m1/s1. The maximum Gasteiger partial charge on any atom is 0.243 e. The molecule has 86 valence electrons. The van der Waals surface area contributed by atoms with Gasteiger partial charge in [0, 0.05) is 19.2 Å². The Balaban J connectivity index is 2.21. The Morgan fingerprint density at radius 1 is 1.60 bits per heavy atom. The van der Waals surface area contributed by atoms with E-state index in [1.807, 2.05) is 13.8 Å². The summed E-state index contributed by atoms with van der Waals surface area (Å²) in [5, 5.41) is 2.92. The molecule has 1 rings (SSSR count). The summed E-state index contributed by atoms with van der Waals surface area (Å²) in [7, 11) is 0. The van der Waals surface area contributed by atoms with Crippen molar-refractivity contribution in [1.29, 1.82) is 0 Å². The number of carbonyl (C=O) groups is 1. The summed E-state index contributed by atoms with van der Waals surface area (Å²) in [6.45, 7) is 6.43. The maximum absolute atomic E-state index is 11.4. The van der Waals surface area contributed by atoms with Gasteiger partial charge in [0.05, 0.1) is 6.61 Å². The van der Waals surface area contributed by atoms with Crippen LogP contribution >= 0.6 is 0 Å². The van der Waals surface area contributed by atoms with Crippen molar-refractivity contribution < 1.29 is 9.53 Å². The number of carbonyl (C=O) groups excluding carboxylic acids is 1. The Hall–Kier alpha value is -0.830. The third-order valence-corrected chi connectivity index (χ3v) is 2.75. The van der Waals surface area contributed by atoms with Crippen LogP contribution in [0.5, 0.6) is 0 Å². The lowest BCUT2D eigenvalue weighted by atomic mass is 10.0. The quantitative estimate of drug-likeness (QED) is 0.721. The Morgan fingerprint density at radius 2 is 2.40 bits per heavy atom. The second kappa shape index (κ2) is 6.62. The van der Waals surface area contributed by atoms with Gasteiger partial charge in [-0.05, 0) is 32.1 Å². The number of hydrogen-bond donors (Lipinski definition) is 1. The van der Waals surface area contributed by atoms with E-state index in [1.54, 1.807) is 6.08 Å². The molecule has 0 aliphatic carbocycles. The molecule has 0 radical (unpaired) electrons. The van der Waals surface area contributed by atoms with Gasteiger partial charge in [-0.15, -0.1) is 0 Å². The van der Waals surface area contributed by atoms with E-state index in [4.69, 9.17) is 4.74 Å². The van der Waals surface area contributed by atoms with E-state index in [2.05, 4.69) is 5.32 Å². The van der Waals surface area contributed by atoms with Crippen LogP contribution in [0, 0.1) is 5.92 Å². The molecule has 3 nitrogen and oxygen atoms in total. The van der Waals surface area contributed by atoms with Crippen molar-refractivity contribution in [2.75, 3.05) is 19.8 Å². The molecular weight excluding hydrogens is 190 g/mol. The van der Waals surface area contributed by atoms with E-state index in [0.717, 1.165) is 44.6 Å². The molecule has 1 heterocycles. The molecule has 0 saturated carbocycles. The average Bonchev–Trinajstić information content (AvgIpc) is 2.27. The molecule has 1 aliphatic rings. The molecule has 1 fully saturated rings. The van der Waals surface area contributed by atoms with Crippen LogP contribution in [0.4, 0.5) is 0 Å². The van der Waals surface area contributed by atoms with Gasteiger partial charge >= 0.3 is 0 Å². The highest BCUT2D eigenvalue weighted by atomic mass is 16.5. The Morgan fingerprint density at radius 3 is 3.00 bits per heavy atom. The number of nitrogens with one attached hydrogen (secondary N) is 1. The number of hydrogen-bond acceptors (Lipinski definition) is 2. The molecule has 1 N–H and O–H groups in total. The van der Waals surface area contributed by atoms with Gasteiger partial charge < -0.3 is 10.1 Å². The maximum atomic E-state index is 11.4. The zero-order chi connectivity index (χ0) is 11.1. The second-order valence-electron chi connectivity index (χ2n) is 4.17. The molecule has 0 bridgehead atoms. The van der Waals surface area contributed by atoms with Crippen LogP contribution in [-0.4, -0.2) is 25.7 Å². The first-order valence-electron chi connectivity index (χ1n) is 5.75. The van der Waals surface area contributed by atoms with E-state index in [-0.39, 0.29) is 5.91 Å². The van der Waals surface area contributed by atoms with Crippen molar-refractivity contribution in [3.63, 3.8) is 0 Å². The third-order valence-electron chi connectivity index (χ3n) is 2.75. The number of rotatable bonds is 4. The van der Waals surface area contributed by atoms with Gasteiger partial charge in [-0.25, -0.2) is 0 Å². The predicted molar refractivity (Wildman–Crippen MR) is 60.6 cm³/mol. The van der Waals surface area contributed by atoms with Crippen molar-refractivity contribution >= 4 is 5.91 Å². The highest BCUT2D eigenvalue weighted by Crippen LogP contribution is 2.12. The SMILES string of the molecule is CC/C(C)=C\C(=O)NC[C@H]1CCCOC1. The summed E-state index contributed by atoms with van der Waals surface area (Å²) < 4.78 is 5.35. The molecular formula is C12H21NO2. The Bertz CT molecular complexity index is 230. The van der Waals surface area contributed by atoms with E-state index >= 15 is 0 Å². The zero-order valence-electron chi connectivity index (χ0n) is 9.71. The van der Waals surface area contributed by atoms with Crippen molar-refractivity contribution in [3.05, 3.63) is 11.6 Å². The first-order chi connectivity index (χ1) is 7.22. The molecule has 0 unspecified atom stereocenters. The van der Waals surface area contributed by atoms with Crippen molar-refractivity contribution in [1.82, 2.24) is 5.32 Å². The van der Waals surface area contributed by atoms with Crippen molar-refractivity contribution in [2.24, 2.45) is 5.92 Å². The molecule has 0 aromatic carbocycles. The highest BCUT2D eigenvalue weighted by molar-refractivity contribution is 5.88. The van der Waals surface area contributed by atoms with Gasteiger partial charge in [-0.1, -0.05) is 12.5 Å². The van der Waals surface area contributed by atoms with Crippen LogP contribution in [0.1, 0.15) is 33.1 Å². The molecule has 1 amide bonds. The normalized spacial score (nSPS) is 22.5. The lowest BCUT2D eigenvalue weighted by molar-refractivity contribution is -0.116. The van der Waals surface area contributed by atoms with Crippen molar-refractivity contribution in [3.8, 4) is 0 Å². The van der Waals surface area contributed by atoms with Gasteiger partial charge in [0.25, 0.3) is 0 Å². The van der Waals surface area contributed by atoms with Gasteiger partial charge in [0.1, 0.15) is 0 Å². The van der Waals surface area contributed by atoms with E-state index in [9.17, 15) is 4.79 Å². The fourth-order valence-electron chi connectivity index (χ4n) is 1.59.